The molecule has 9 rings (SSSR count). The van der Waals surface area contributed by atoms with Gasteiger partial charge in [-0.2, -0.15) is 22.8 Å². The van der Waals surface area contributed by atoms with Crippen LogP contribution in [0.3, 0.4) is 0 Å². The SMILES string of the molecule is COc1ccc(C2c3ccc([n-]3)C(c3ccc(OC)cc3)C3C=CC(N3)C(c3ccc(OC)cc3)c3ccc([n-]3)C(c3ccc(OC)cc3)C3C=CC2N3)cc1.[Co+2]. The Kier molecular flexibility index (Phi) is 11.2. The van der Waals surface area contributed by atoms with Crippen molar-refractivity contribution in [1.29, 1.82) is 0 Å². The Hall–Kier alpha value is -5.45. The van der Waals surface area contributed by atoms with E-state index in [1.165, 1.54) is 0 Å². The van der Waals surface area contributed by atoms with E-state index in [4.69, 9.17) is 28.9 Å². The Morgan fingerprint density at radius 1 is 0.333 bits per heavy atom. The van der Waals surface area contributed by atoms with Gasteiger partial charge in [0.25, 0.3) is 0 Å². The van der Waals surface area contributed by atoms with Crippen LogP contribution >= 0.6 is 0 Å². The van der Waals surface area contributed by atoms with Crippen molar-refractivity contribution in [2.24, 2.45) is 0 Å². The number of methoxy groups -OCH3 is 4. The van der Waals surface area contributed by atoms with Gasteiger partial charge in [-0.05, 0) is 70.8 Å². The third kappa shape index (κ3) is 7.44. The van der Waals surface area contributed by atoms with Gasteiger partial charge in [0.2, 0.25) is 0 Å². The van der Waals surface area contributed by atoms with Crippen LogP contribution in [0.25, 0.3) is 0 Å². The van der Waals surface area contributed by atoms with E-state index in [1.807, 2.05) is 48.5 Å². The van der Waals surface area contributed by atoms with Crippen LogP contribution in [0, 0.1) is 0 Å². The number of ether oxygens (including phenoxy) is 4. The summed E-state index contributed by atoms with van der Waals surface area (Å²) in [6.07, 6.45) is 9.28. The smallest absolute Gasteiger partial charge is 0.664 e. The predicted octanol–water partition coefficient (Wildman–Crippen LogP) is 7.67. The van der Waals surface area contributed by atoms with Crippen LogP contribution in [-0.4, -0.2) is 52.6 Å². The van der Waals surface area contributed by atoms with Gasteiger partial charge in [0.05, 0.1) is 28.4 Å². The minimum absolute atomic E-state index is 0. The maximum atomic E-state index is 5.56. The molecule has 5 heterocycles. The fraction of sp³-hybridized carbons (Fsp3) is 0.250. The van der Waals surface area contributed by atoms with Crippen molar-refractivity contribution in [3.05, 3.63) is 191 Å². The molecule has 0 aliphatic carbocycles. The average Bonchev–Trinajstić information content (AvgIpc) is 4.10. The molecule has 0 amide bonds. The number of nitrogens with zero attached hydrogens (tertiary/aromatic N) is 2. The van der Waals surface area contributed by atoms with Crippen LogP contribution in [0.1, 0.15) is 68.7 Å². The van der Waals surface area contributed by atoms with Crippen molar-refractivity contribution < 1.29 is 35.7 Å². The summed E-state index contributed by atoms with van der Waals surface area (Å²) in [5.41, 5.74) is 8.72. The van der Waals surface area contributed by atoms with E-state index in [0.29, 0.717) is 0 Å². The first-order valence-corrected chi connectivity index (χ1v) is 19.2. The molecular formula is C48H46CoN4O4. The van der Waals surface area contributed by atoms with E-state index in [2.05, 4.69) is 108 Å². The summed E-state index contributed by atoms with van der Waals surface area (Å²) in [6.45, 7) is 0. The summed E-state index contributed by atoms with van der Waals surface area (Å²) in [7, 11) is 6.81. The third-order valence-electron chi connectivity index (χ3n) is 11.8. The molecule has 291 valence electrons. The van der Waals surface area contributed by atoms with Crippen LogP contribution in [-0.2, 0) is 16.8 Å². The molecule has 8 atom stereocenters. The minimum atomic E-state index is -0.0562. The number of rotatable bonds is 8. The summed E-state index contributed by atoms with van der Waals surface area (Å²) < 4.78 is 22.3. The Balaban J connectivity index is 0.00000455. The number of fused-ring (bicyclic) bond motifs is 8. The standard InChI is InChI=1S/C48H46N4O4.Co/c1-53-33-13-5-29(6-14-33)45-37-21-23-39(49-37)46(30-7-15-34(54-2)16-8-30)41-25-27-43(51-41)48(32-11-19-36(56-4)20-12-32)44-28-26-42(52-44)47(40-24-22-38(45)50-40)31-9-17-35(55-3)18-10-31;/h5-28,37,39,42,44-49,52H,1-4H3;/q-2;+2. The quantitative estimate of drug-likeness (QED) is 0.152. The molecule has 0 fully saturated rings. The van der Waals surface area contributed by atoms with Gasteiger partial charge in [0, 0.05) is 47.8 Å². The van der Waals surface area contributed by atoms with Gasteiger partial charge < -0.3 is 39.5 Å². The summed E-state index contributed by atoms with van der Waals surface area (Å²) >= 11 is 0. The molecule has 9 heteroatoms. The van der Waals surface area contributed by atoms with Crippen molar-refractivity contribution in [3.8, 4) is 23.0 Å². The molecule has 57 heavy (non-hydrogen) atoms. The third-order valence-corrected chi connectivity index (χ3v) is 11.8. The summed E-state index contributed by atoms with van der Waals surface area (Å²) in [6, 6.07) is 42.4. The number of nitrogens with one attached hydrogen (secondary N) is 2. The first-order valence-electron chi connectivity index (χ1n) is 19.2. The minimum Gasteiger partial charge on any atom is -0.664 e. The predicted molar refractivity (Wildman–Crippen MR) is 219 cm³/mol. The molecular weight excluding hydrogens is 755 g/mol. The van der Waals surface area contributed by atoms with E-state index in [1.54, 1.807) is 28.4 Å². The van der Waals surface area contributed by atoms with Crippen LogP contribution in [0.4, 0.5) is 0 Å². The molecule has 2 aromatic heterocycles. The van der Waals surface area contributed by atoms with Gasteiger partial charge in [-0.25, -0.2) is 0 Å². The molecule has 2 N–H and O–H groups in total. The topological polar surface area (TPSA) is 89.2 Å². The molecule has 3 aliphatic rings. The van der Waals surface area contributed by atoms with Gasteiger partial charge in [-0.3, -0.25) is 0 Å². The van der Waals surface area contributed by atoms with Crippen molar-refractivity contribution >= 4 is 0 Å². The molecule has 0 saturated heterocycles. The van der Waals surface area contributed by atoms with Crippen LogP contribution < -0.4 is 39.5 Å². The van der Waals surface area contributed by atoms with E-state index in [9.17, 15) is 0 Å². The molecule has 3 aliphatic heterocycles. The van der Waals surface area contributed by atoms with E-state index in [0.717, 1.165) is 68.0 Å². The normalized spacial score (nSPS) is 24.8. The Morgan fingerprint density at radius 3 is 0.737 bits per heavy atom. The Morgan fingerprint density at radius 2 is 0.544 bits per heavy atom. The molecule has 6 aromatic rings. The maximum Gasteiger partial charge on any atom is 2.00 e. The van der Waals surface area contributed by atoms with Gasteiger partial charge in [-0.1, -0.05) is 97.1 Å². The molecule has 8 unspecified atom stereocenters. The monoisotopic (exact) mass is 801 g/mol. The summed E-state index contributed by atoms with van der Waals surface area (Å²) in [5, 5.41) is 8.12. The number of aromatic nitrogens is 2. The van der Waals surface area contributed by atoms with E-state index >= 15 is 0 Å². The van der Waals surface area contributed by atoms with Gasteiger partial charge in [-0.15, -0.1) is 0 Å². The molecule has 0 spiro atoms. The number of hydrogen-bond acceptors (Lipinski definition) is 6. The fourth-order valence-corrected chi connectivity index (χ4v) is 8.95. The average molecular weight is 802 g/mol. The van der Waals surface area contributed by atoms with Crippen molar-refractivity contribution in [3.63, 3.8) is 0 Å². The Bertz CT molecular complexity index is 1990. The second-order valence-electron chi connectivity index (χ2n) is 14.8. The zero-order chi connectivity index (χ0) is 38.2. The molecule has 0 saturated carbocycles. The van der Waals surface area contributed by atoms with Gasteiger partial charge in [0.1, 0.15) is 23.0 Å². The van der Waals surface area contributed by atoms with Crippen molar-refractivity contribution in [1.82, 2.24) is 20.6 Å². The summed E-state index contributed by atoms with van der Waals surface area (Å²) in [5.74, 6) is 3.07. The zero-order valence-electron chi connectivity index (χ0n) is 32.3. The largest absolute Gasteiger partial charge is 2.00 e. The molecule has 8 bridgehead atoms. The zero-order valence-corrected chi connectivity index (χ0v) is 33.4. The number of hydrogen-bond donors (Lipinski definition) is 2. The van der Waals surface area contributed by atoms with Crippen molar-refractivity contribution in [2.75, 3.05) is 28.4 Å². The maximum absolute atomic E-state index is 5.56. The first kappa shape index (κ1) is 38.4. The van der Waals surface area contributed by atoms with Crippen LogP contribution in [0.15, 0.2) is 146 Å². The second kappa shape index (κ2) is 16.6. The van der Waals surface area contributed by atoms with E-state index in [-0.39, 0.29) is 64.6 Å². The fourth-order valence-electron chi connectivity index (χ4n) is 8.95. The number of benzene rings is 4. The van der Waals surface area contributed by atoms with Crippen LogP contribution in [0.5, 0.6) is 23.0 Å². The second-order valence-corrected chi connectivity index (χ2v) is 14.8. The van der Waals surface area contributed by atoms with E-state index < -0.39 is 0 Å². The summed E-state index contributed by atoms with van der Waals surface area (Å²) in [4.78, 5) is 11.1. The van der Waals surface area contributed by atoms with Gasteiger partial charge >= 0.3 is 16.8 Å². The van der Waals surface area contributed by atoms with Crippen molar-refractivity contribution in [2.45, 2.75) is 47.8 Å². The van der Waals surface area contributed by atoms with Crippen LogP contribution in [0.2, 0.25) is 0 Å². The molecule has 4 aromatic carbocycles. The van der Waals surface area contributed by atoms with Gasteiger partial charge in [0.15, 0.2) is 0 Å². The molecule has 8 nitrogen and oxygen atoms in total. The molecule has 1 radical (unpaired) electrons. The first-order chi connectivity index (χ1) is 27.5. The Labute approximate surface area is 344 Å².